The van der Waals surface area contributed by atoms with Gasteiger partial charge < -0.3 is 4.90 Å². The molecule has 0 N–H and O–H groups in total. The third-order valence-corrected chi connectivity index (χ3v) is 5.78. The smallest absolute Gasteiger partial charge is 0.254 e. The third-order valence-electron chi connectivity index (χ3n) is 4.66. The molecule has 0 saturated carbocycles. The van der Waals surface area contributed by atoms with Crippen LogP contribution in [0.3, 0.4) is 0 Å². The van der Waals surface area contributed by atoms with E-state index in [9.17, 15) is 13.2 Å². The molecule has 0 bridgehead atoms. The lowest BCUT2D eigenvalue weighted by atomic mass is 9.87. The molecule has 2 aromatic carbocycles. The Labute approximate surface area is 143 Å². The van der Waals surface area contributed by atoms with Crippen molar-refractivity contribution in [3.05, 3.63) is 65.2 Å². The Morgan fingerprint density at radius 2 is 1.75 bits per heavy atom. The highest BCUT2D eigenvalue weighted by Gasteiger charge is 2.27. The van der Waals surface area contributed by atoms with E-state index >= 15 is 0 Å². The lowest BCUT2D eigenvalue weighted by Gasteiger charge is -2.33. The minimum atomic E-state index is -3.25. The monoisotopic (exact) mass is 343 g/mol. The summed E-state index contributed by atoms with van der Waals surface area (Å²) in [6.45, 7) is 0. The number of sulfone groups is 1. The molecule has 5 heteroatoms. The number of hydrogen-bond donors (Lipinski definition) is 0. The molecule has 126 valence electrons. The van der Waals surface area contributed by atoms with Crippen LogP contribution in [-0.2, 0) is 16.3 Å². The van der Waals surface area contributed by atoms with Gasteiger partial charge in [-0.15, -0.1) is 0 Å². The summed E-state index contributed by atoms with van der Waals surface area (Å²) in [5.41, 5.74) is 3.03. The predicted molar refractivity (Wildman–Crippen MR) is 93.8 cm³/mol. The van der Waals surface area contributed by atoms with E-state index in [4.69, 9.17) is 0 Å². The lowest BCUT2D eigenvalue weighted by molar-refractivity contribution is 0.0715. The van der Waals surface area contributed by atoms with Gasteiger partial charge in [0.15, 0.2) is 9.84 Å². The van der Waals surface area contributed by atoms with Crippen LogP contribution in [-0.4, -0.2) is 32.5 Å². The standard InChI is InChI=1S/C19H21NO3S/c1-20(18-9-5-7-14-6-3-4-8-17(14)18)19(21)15-10-12-16(13-11-15)24(2,22)23/h3-4,6,8,10-13,18H,5,7,9H2,1-2H3/t18-/m0/s1. The number of fused-ring (bicyclic) bond motifs is 1. The van der Waals surface area contributed by atoms with E-state index in [1.165, 1.54) is 23.3 Å². The predicted octanol–water partition coefficient (Wildman–Crippen LogP) is 3.24. The number of carbonyl (C=O) groups excluding carboxylic acids is 1. The van der Waals surface area contributed by atoms with Gasteiger partial charge in [0, 0.05) is 18.9 Å². The largest absolute Gasteiger partial charge is 0.335 e. The molecule has 0 fully saturated rings. The first-order valence-corrected chi connectivity index (χ1v) is 9.92. The first-order valence-electron chi connectivity index (χ1n) is 8.03. The quantitative estimate of drug-likeness (QED) is 0.860. The first kappa shape index (κ1) is 16.7. The lowest BCUT2D eigenvalue weighted by Crippen LogP contribution is -2.33. The molecule has 0 spiro atoms. The van der Waals surface area contributed by atoms with E-state index in [0.717, 1.165) is 25.5 Å². The average Bonchev–Trinajstić information content (AvgIpc) is 2.59. The van der Waals surface area contributed by atoms with E-state index in [1.807, 2.05) is 19.2 Å². The SMILES string of the molecule is CN(C(=O)c1ccc(S(C)(=O)=O)cc1)[C@H]1CCCc2ccccc21. The van der Waals surface area contributed by atoms with Gasteiger partial charge in [-0.3, -0.25) is 4.79 Å². The van der Waals surface area contributed by atoms with E-state index in [0.29, 0.717) is 5.56 Å². The molecule has 2 aromatic rings. The van der Waals surface area contributed by atoms with Gasteiger partial charge in [0.1, 0.15) is 0 Å². The maximum absolute atomic E-state index is 12.8. The molecule has 0 unspecified atom stereocenters. The van der Waals surface area contributed by atoms with Crippen molar-refractivity contribution in [2.24, 2.45) is 0 Å². The summed E-state index contributed by atoms with van der Waals surface area (Å²) in [5, 5.41) is 0. The van der Waals surface area contributed by atoms with Crippen molar-refractivity contribution < 1.29 is 13.2 Å². The van der Waals surface area contributed by atoms with Gasteiger partial charge in [0.05, 0.1) is 10.9 Å². The summed E-state index contributed by atoms with van der Waals surface area (Å²) in [5.74, 6) is -0.0863. The van der Waals surface area contributed by atoms with Gasteiger partial charge in [-0.05, 0) is 54.7 Å². The van der Waals surface area contributed by atoms with E-state index < -0.39 is 9.84 Å². The minimum absolute atomic E-state index is 0.0667. The fourth-order valence-corrected chi connectivity index (χ4v) is 3.95. The van der Waals surface area contributed by atoms with Crippen LogP contribution in [0.1, 0.15) is 40.4 Å². The van der Waals surface area contributed by atoms with Crippen molar-refractivity contribution in [1.29, 1.82) is 0 Å². The Balaban J connectivity index is 1.86. The third kappa shape index (κ3) is 3.22. The summed E-state index contributed by atoms with van der Waals surface area (Å²) in [7, 11) is -1.43. The topological polar surface area (TPSA) is 54.5 Å². The van der Waals surface area contributed by atoms with Crippen LogP contribution in [0.4, 0.5) is 0 Å². The van der Waals surface area contributed by atoms with Gasteiger partial charge >= 0.3 is 0 Å². The number of nitrogens with zero attached hydrogens (tertiary/aromatic N) is 1. The Morgan fingerprint density at radius 1 is 1.08 bits per heavy atom. The highest BCUT2D eigenvalue weighted by atomic mass is 32.2. The number of amides is 1. The second-order valence-electron chi connectivity index (χ2n) is 6.32. The van der Waals surface area contributed by atoms with Crippen molar-refractivity contribution >= 4 is 15.7 Å². The Bertz CT molecular complexity index is 856. The molecular weight excluding hydrogens is 322 g/mol. The molecule has 1 aliphatic carbocycles. The molecule has 3 rings (SSSR count). The Morgan fingerprint density at radius 3 is 2.42 bits per heavy atom. The van der Waals surface area contributed by atoms with Crippen LogP contribution in [0.5, 0.6) is 0 Å². The number of hydrogen-bond acceptors (Lipinski definition) is 3. The zero-order chi connectivity index (χ0) is 17.3. The van der Waals surface area contributed by atoms with Crippen LogP contribution < -0.4 is 0 Å². The zero-order valence-electron chi connectivity index (χ0n) is 13.9. The van der Waals surface area contributed by atoms with Crippen molar-refractivity contribution in [1.82, 2.24) is 4.90 Å². The molecule has 0 aliphatic heterocycles. The van der Waals surface area contributed by atoms with Crippen molar-refractivity contribution in [3.8, 4) is 0 Å². The highest BCUT2D eigenvalue weighted by Crippen LogP contribution is 2.34. The van der Waals surface area contributed by atoms with Crippen molar-refractivity contribution in [2.45, 2.75) is 30.2 Å². The van der Waals surface area contributed by atoms with Gasteiger partial charge in [0.25, 0.3) is 5.91 Å². The van der Waals surface area contributed by atoms with E-state index in [2.05, 4.69) is 12.1 Å². The van der Waals surface area contributed by atoms with Gasteiger partial charge in [-0.2, -0.15) is 0 Å². The number of carbonyl (C=O) groups is 1. The minimum Gasteiger partial charge on any atom is -0.335 e. The van der Waals surface area contributed by atoms with Crippen molar-refractivity contribution in [2.75, 3.05) is 13.3 Å². The van der Waals surface area contributed by atoms with E-state index in [1.54, 1.807) is 17.0 Å². The molecule has 24 heavy (non-hydrogen) atoms. The summed E-state index contributed by atoms with van der Waals surface area (Å²) >= 11 is 0. The van der Waals surface area contributed by atoms with Crippen LogP contribution in [0.15, 0.2) is 53.4 Å². The first-order chi connectivity index (χ1) is 11.4. The molecule has 0 saturated heterocycles. The van der Waals surface area contributed by atoms with Crippen LogP contribution >= 0.6 is 0 Å². The Hall–Kier alpha value is -2.14. The highest BCUT2D eigenvalue weighted by molar-refractivity contribution is 7.90. The van der Waals surface area contributed by atoms with Gasteiger partial charge in [-0.1, -0.05) is 24.3 Å². The summed E-state index contributed by atoms with van der Waals surface area (Å²) in [6.07, 6.45) is 4.22. The maximum atomic E-state index is 12.8. The molecule has 1 aliphatic rings. The summed E-state index contributed by atoms with van der Waals surface area (Å²) in [6, 6.07) is 14.5. The molecule has 0 radical (unpaired) electrons. The summed E-state index contributed by atoms with van der Waals surface area (Å²) < 4.78 is 23.1. The number of aryl methyl sites for hydroxylation is 1. The van der Waals surface area contributed by atoms with Crippen LogP contribution in [0.25, 0.3) is 0 Å². The van der Waals surface area contributed by atoms with Crippen molar-refractivity contribution in [3.63, 3.8) is 0 Å². The molecule has 0 heterocycles. The molecular formula is C19H21NO3S. The maximum Gasteiger partial charge on any atom is 0.254 e. The van der Waals surface area contributed by atoms with Crippen LogP contribution in [0, 0.1) is 0 Å². The fraction of sp³-hybridized carbons (Fsp3) is 0.316. The normalized spacial score (nSPS) is 17.2. The molecule has 1 amide bonds. The molecule has 1 atom stereocenters. The summed E-state index contributed by atoms with van der Waals surface area (Å²) in [4.78, 5) is 14.8. The van der Waals surface area contributed by atoms with Crippen LogP contribution in [0.2, 0.25) is 0 Å². The average molecular weight is 343 g/mol. The van der Waals surface area contributed by atoms with E-state index in [-0.39, 0.29) is 16.8 Å². The van der Waals surface area contributed by atoms with Gasteiger partial charge in [-0.25, -0.2) is 8.42 Å². The second-order valence-corrected chi connectivity index (χ2v) is 8.34. The molecule has 4 nitrogen and oxygen atoms in total. The number of rotatable bonds is 3. The zero-order valence-corrected chi connectivity index (χ0v) is 14.7. The second kappa shape index (κ2) is 6.40. The number of benzene rings is 2. The van der Waals surface area contributed by atoms with Gasteiger partial charge in [0.2, 0.25) is 0 Å². The Kier molecular flexibility index (Phi) is 4.45. The fourth-order valence-electron chi connectivity index (χ4n) is 3.32. The molecule has 0 aromatic heterocycles.